The molecule has 21 heavy (non-hydrogen) atoms. The smallest absolute Gasteiger partial charge is 0.300 e. The van der Waals surface area contributed by atoms with Gasteiger partial charge in [-0.15, -0.1) is 0 Å². The predicted molar refractivity (Wildman–Crippen MR) is 81.4 cm³/mol. The Morgan fingerprint density at radius 1 is 1.24 bits per heavy atom. The van der Waals surface area contributed by atoms with Crippen molar-refractivity contribution in [3.8, 4) is 6.01 Å². The molecule has 0 unspecified atom stereocenters. The minimum atomic E-state index is -0.131. The van der Waals surface area contributed by atoms with Crippen LogP contribution in [0.15, 0.2) is 40.1 Å². The summed E-state index contributed by atoms with van der Waals surface area (Å²) in [5, 5.41) is 0. The van der Waals surface area contributed by atoms with Crippen LogP contribution in [0.25, 0.3) is 0 Å². The van der Waals surface area contributed by atoms with E-state index in [2.05, 4.69) is 9.98 Å². The lowest BCUT2D eigenvalue weighted by Crippen LogP contribution is -2.36. The molecule has 2 aromatic rings. The third-order valence-corrected chi connectivity index (χ3v) is 3.55. The average Bonchev–Trinajstić information content (AvgIpc) is 2.51. The Morgan fingerprint density at radius 3 is 2.62 bits per heavy atom. The van der Waals surface area contributed by atoms with Crippen LogP contribution in [0.3, 0.4) is 0 Å². The number of amidine groups is 1. The highest BCUT2D eigenvalue weighted by molar-refractivity contribution is 5.98. The van der Waals surface area contributed by atoms with E-state index >= 15 is 0 Å². The average molecular weight is 284 g/mol. The summed E-state index contributed by atoms with van der Waals surface area (Å²) in [6, 6.07) is 10.1. The van der Waals surface area contributed by atoms with Gasteiger partial charge in [0.1, 0.15) is 5.84 Å². The van der Waals surface area contributed by atoms with Gasteiger partial charge in [-0.3, -0.25) is 9.36 Å². The largest absolute Gasteiger partial charge is 0.468 e. The molecule has 1 aromatic carbocycles. The number of hydrogen-bond acceptors (Lipinski definition) is 5. The number of para-hydroxylation sites is 1. The van der Waals surface area contributed by atoms with Crippen LogP contribution in [0.5, 0.6) is 6.01 Å². The maximum absolute atomic E-state index is 12.4. The Balaban J connectivity index is 2.12. The molecule has 0 amide bonds. The van der Waals surface area contributed by atoms with E-state index in [1.807, 2.05) is 42.2 Å². The zero-order chi connectivity index (χ0) is 15.0. The number of nitrogens with zero attached hydrogens (tertiary/aromatic N) is 4. The van der Waals surface area contributed by atoms with Gasteiger partial charge < -0.3 is 9.64 Å². The summed E-state index contributed by atoms with van der Waals surface area (Å²) in [5.41, 5.74) is 1.45. The van der Waals surface area contributed by atoms with Crippen LogP contribution in [0, 0.1) is 0 Å². The lowest BCUT2D eigenvalue weighted by atomic mass is 10.2. The van der Waals surface area contributed by atoms with Gasteiger partial charge in [-0.25, -0.2) is 4.99 Å². The van der Waals surface area contributed by atoms with E-state index in [9.17, 15) is 4.79 Å². The summed E-state index contributed by atoms with van der Waals surface area (Å²) in [6.45, 7) is 2.36. The van der Waals surface area contributed by atoms with E-state index in [-0.39, 0.29) is 11.6 Å². The van der Waals surface area contributed by atoms with Crippen LogP contribution >= 0.6 is 0 Å². The van der Waals surface area contributed by atoms with Gasteiger partial charge in [-0.1, -0.05) is 18.2 Å². The number of fused-ring (bicyclic) bond motifs is 1. The molecule has 0 fully saturated rings. The first-order valence-electron chi connectivity index (χ1n) is 6.63. The van der Waals surface area contributed by atoms with E-state index in [4.69, 9.17) is 4.74 Å². The van der Waals surface area contributed by atoms with Crippen LogP contribution in [-0.4, -0.2) is 22.5 Å². The standard InChI is InChI=1S/C15H16N4O2/c1-10-16-13-12(14(20)18(2)15(17-13)21-3)9-19(10)11-7-5-4-6-8-11/h4-8H,9H2,1-3H3. The molecular weight excluding hydrogens is 268 g/mol. The third-order valence-electron chi connectivity index (χ3n) is 3.55. The summed E-state index contributed by atoms with van der Waals surface area (Å²) in [7, 11) is 3.14. The fourth-order valence-corrected chi connectivity index (χ4v) is 2.40. The van der Waals surface area contributed by atoms with Crippen LogP contribution in [0.4, 0.5) is 11.5 Å². The molecule has 0 radical (unpaired) electrons. The Bertz CT molecular complexity index is 765. The van der Waals surface area contributed by atoms with Crippen LogP contribution in [-0.2, 0) is 13.6 Å². The summed E-state index contributed by atoms with van der Waals surface area (Å²) in [4.78, 5) is 23.2. The number of aliphatic imine (C=N–C) groups is 1. The number of benzene rings is 1. The first-order valence-corrected chi connectivity index (χ1v) is 6.63. The first-order chi connectivity index (χ1) is 10.1. The number of anilines is 1. The van der Waals surface area contributed by atoms with Gasteiger partial charge in [0, 0.05) is 12.7 Å². The van der Waals surface area contributed by atoms with Crippen LogP contribution < -0.4 is 15.2 Å². The normalized spacial score (nSPS) is 13.7. The molecular formula is C15H16N4O2. The molecule has 0 spiro atoms. The van der Waals surface area contributed by atoms with Crippen molar-refractivity contribution < 1.29 is 4.74 Å². The van der Waals surface area contributed by atoms with Gasteiger partial charge in [0.05, 0.1) is 19.2 Å². The molecule has 6 heteroatoms. The first kappa shape index (κ1) is 13.4. The van der Waals surface area contributed by atoms with Gasteiger partial charge in [0.15, 0.2) is 5.82 Å². The highest BCUT2D eigenvalue weighted by Crippen LogP contribution is 2.27. The molecule has 2 heterocycles. The molecule has 0 bridgehead atoms. The fourth-order valence-electron chi connectivity index (χ4n) is 2.40. The van der Waals surface area contributed by atoms with E-state index < -0.39 is 0 Å². The Hall–Kier alpha value is -2.63. The second kappa shape index (κ2) is 5.05. The molecule has 0 N–H and O–H groups in total. The molecule has 108 valence electrons. The monoisotopic (exact) mass is 284 g/mol. The van der Waals surface area contributed by atoms with E-state index in [0.717, 1.165) is 11.5 Å². The molecule has 0 aliphatic carbocycles. The number of rotatable bonds is 2. The molecule has 6 nitrogen and oxygen atoms in total. The van der Waals surface area contributed by atoms with E-state index in [1.54, 1.807) is 7.05 Å². The molecule has 1 aliphatic heterocycles. The van der Waals surface area contributed by atoms with Gasteiger partial charge in [0.2, 0.25) is 0 Å². The predicted octanol–water partition coefficient (Wildman–Crippen LogP) is 1.86. The zero-order valence-electron chi connectivity index (χ0n) is 12.2. The second-order valence-corrected chi connectivity index (χ2v) is 4.85. The number of aromatic nitrogens is 2. The minimum Gasteiger partial charge on any atom is -0.468 e. The number of methoxy groups -OCH3 is 1. The Morgan fingerprint density at radius 2 is 1.95 bits per heavy atom. The molecule has 3 rings (SSSR count). The summed E-state index contributed by atoms with van der Waals surface area (Å²) in [5.74, 6) is 1.25. The molecule has 1 aromatic heterocycles. The molecule has 0 saturated heterocycles. The number of ether oxygens (including phenoxy) is 1. The minimum absolute atomic E-state index is 0.131. The second-order valence-electron chi connectivity index (χ2n) is 4.85. The molecule has 1 aliphatic rings. The lowest BCUT2D eigenvalue weighted by Gasteiger charge is -2.28. The van der Waals surface area contributed by atoms with Crippen molar-refractivity contribution in [1.82, 2.24) is 9.55 Å². The Kier molecular flexibility index (Phi) is 3.21. The van der Waals surface area contributed by atoms with Gasteiger partial charge in [-0.05, 0) is 19.1 Å². The highest BCUT2D eigenvalue weighted by atomic mass is 16.5. The maximum atomic E-state index is 12.4. The van der Waals surface area contributed by atoms with Crippen LogP contribution in [0.2, 0.25) is 0 Å². The number of hydrogen-bond donors (Lipinski definition) is 0. The van der Waals surface area contributed by atoms with Crippen molar-refractivity contribution in [3.05, 3.63) is 46.2 Å². The SMILES string of the molecule is COc1nc2c(c(=O)n1C)CN(c1ccccc1)C(C)=N2. The van der Waals surface area contributed by atoms with Gasteiger partial charge in [-0.2, -0.15) is 4.98 Å². The molecule has 0 saturated carbocycles. The zero-order valence-corrected chi connectivity index (χ0v) is 12.2. The molecule has 0 atom stereocenters. The van der Waals surface area contributed by atoms with Gasteiger partial charge >= 0.3 is 6.01 Å². The Labute approximate surface area is 122 Å². The van der Waals surface area contributed by atoms with E-state index in [1.165, 1.54) is 11.7 Å². The fraction of sp³-hybridized carbons (Fsp3) is 0.267. The van der Waals surface area contributed by atoms with E-state index in [0.29, 0.717) is 17.9 Å². The third kappa shape index (κ3) is 2.18. The van der Waals surface area contributed by atoms with Crippen molar-refractivity contribution in [2.24, 2.45) is 12.0 Å². The van der Waals surface area contributed by atoms with Crippen molar-refractivity contribution >= 4 is 17.3 Å². The van der Waals surface area contributed by atoms with Crippen molar-refractivity contribution in [1.29, 1.82) is 0 Å². The highest BCUT2D eigenvalue weighted by Gasteiger charge is 2.24. The summed E-state index contributed by atoms with van der Waals surface area (Å²) in [6.07, 6.45) is 0. The lowest BCUT2D eigenvalue weighted by molar-refractivity contribution is 0.356. The van der Waals surface area contributed by atoms with Crippen molar-refractivity contribution in [3.63, 3.8) is 0 Å². The summed E-state index contributed by atoms with van der Waals surface area (Å²) < 4.78 is 6.51. The van der Waals surface area contributed by atoms with Crippen LogP contribution in [0.1, 0.15) is 12.5 Å². The maximum Gasteiger partial charge on any atom is 0.300 e. The summed E-state index contributed by atoms with van der Waals surface area (Å²) >= 11 is 0. The topological polar surface area (TPSA) is 59.7 Å². The van der Waals surface area contributed by atoms with Crippen molar-refractivity contribution in [2.75, 3.05) is 12.0 Å². The quantitative estimate of drug-likeness (QED) is 0.844. The van der Waals surface area contributed by atoms with Gasteiger partial charge in [0.25, 0.3) is 5.56 Å². The van der Waals surface area contributed by atoms with Crippen molar-refractivity contribution in [2.45, 2.75) is 13.5 Å².